The standard InChI is InChI=1S/C15H19Cl2N3O3S/c1-2-3-6-20-14(22)18-19-15(20)24-9-11(21)8-23-13-5-4-10(16)7-12(13)17/h4-5,7,11,21H,2-3,6,8-9H2,1H3,(H,18,22). The minimum absolute atomic E-state index is 0.0813. The van der Waals surface area contributed by atoms with Crippen molar-refractivity contribution in [2.45, 2.75) is 37.6 Å². The van der Waals surface area contributed by atoms with Gasteiger partial charge in [0.05, 0.1) is 11.1 Å². The van der Waals surface area contributed by atoms with Crippen LogP contribution in [-0.4, -0.2) is 38.3 Å². The number of aliphatic hydroxyl groups is 1. The van der Waals surface area contributed by atoms with Crippen LogP contribution in [0.25, 0.3) is 0 Å². The van der Waals surface area contributed by atoms with Crippen molar-refractivity contribution in [2.75, 3.05) is 12.4 Å². The van der Waals surface area contributed by atoms with Crippen LogP contribution in [0, 0.1) is 0 Å². The molecule has 2 aromatic rings. The molecule has 0 bridgehead atoms. The first-order valence-electron chi connectivity index (χ1n) is 7.55. The quantitative estimate of drug-likeness (QED) is 0.641. The zero-order valence-corrected chi connectivity index (χ0v) is 15.5. The third-order valence-corrected chi connectivity index (χ3v) is 4.84. The van der Waals surface area contributed by atoms with E-state index in [0.29, 0.717) is 33.2 Å². The number of thioether (sulfide) groups is 1. The van der Waals surface area contributed by atoms with Crippen LogP contribution in [-0.2, 0) is 6.54 Å². The number of benzene rings is 1. The number of ether oxygens (including phenoxy) is 1. The molecule has 0 aliphatic rings. The second kappa shape index (κ2) is 9.36. The molecule has 0 saturated carbocycles. The van der Waals surface area contributed by atoms with Gasteiger partial charge in [-0.3, -0.25) is 4.57 Å². The van der Waals surface area contributed by atoms with Gasteiger partial charge in [-0.05, 0) is 24.6 Å². The summed E-state index contributed by atoms with van der Waals surface area (Å²) in [4.78, 5) is 11.7. The fourth-order valence-corrected chi connectivity index (χ4v) is 3.26. The summed E-state index contributed by atoms with van der Waals surface area (Å²) in [7, 11) is 0. The lowest BCUT2D eigenvalue weighted by atomic mass is 10.3. The van der Waals surface area contributed by atoms with Gasteiger partial charge in [0.2, 0.25) is 0 Å². The van der Waals surface area contributed by atoms with Gasteiger partial charge in [-0.1, -0.05) is 48.3 Å². The molecule has 0 radical (unpaired) electrons. The van der Waals surface area contributed by atoms with Gasteiger partial charge in [0.25, 0.3) is 0 Å². The zero-order chi connectivity index (χ0) is 17.5. The lowest BCUT2D eigenvalue weighted by Gasteiger charge is -2.13. The number of hydrogen-bond donors (Lipinski definition) is 2. The van der Waals surface area contributed by atoms with Gasteiger partial charge in [0.1, 0.15) is 12.4 Å². The van der Waals surface area contributed by atoms with Crippen LogP contribution >= 0.6 is 35.0 Å². The molecule has 9 heteroatoms. The monoisotopic (exact) mass is 391 g/mol. The lowest BCUT2D eigenvalue weighted by molar-refractivity contribution is 0.126. The van der Waals surface area contributed by atoms with E-state index < -0.39 is 6.10 Å². The van der Waals surface area contributed by atoms with Crippen molar-refractivity contribution < 1.29 is 9.84 Å². The number of aromatic amines is 1. The molecule has 1 aromatic heterocycles. The molecule has 1 aromatic carbocycles. The lowest BCUT2D eigenvalue weighted by Crippen LogP contribution is -2.21. The minimum atomic E-state index is -0.729. The molecule has 1 heterocycles. The molecular formula is C15H19Cl2N3O3S. The van der Waals surface area contributed by atoms with Crippen LogP contribution < -0.4 is 10.4 Å². The van der Waals surface area contributed by atoms with Crippen molar-refractivity contribution in [1.29, 1.82) is 0 Å². The number of aliphatic hydroxyl groups excluding tert-OH is 1. The Bertz CT molecular complexity index is 720. The van der Waals surface area contributed by atoms with Gasteiger partial charge < -0.3 is 9.84 Å². The Labute approximate surface area is 154 Å². The maximum absolute atomic E-state index is 11.7. The van der Waals surface area contributed by atoms with Gasteiger partial charge in [-0.15, -0.1) is 5.10 Å². The van der Waals surface area contributed by atoms with E-state index in [1.54, 1.807) is 22.8 Å². The van der Waals surface area contributed by atoms with Crippen LogP contribution in [0.5, 0.6) is 5.75 Å². The normalized spacial score (nSPS) is 12.3. The highest BCUT2D eigenvalue weighted by molar-refractivity contribution is 7.99. The Balaban J connectivity index is 1.85. The van der Waals surface area contributed by atoms with Crippen molar-refractivity contribution in [3.8, 4) is 5.75 Å². The number of unbranched alkanes of at least 4 members (excludes halogenated alkanes) is 1. The van der Waals surface area contributed by atoms with Gasteiger partial charge in [-0.2, -0.15) is 0 Å². The van der Waals surface area contributed by atoms with Gasteiger partial charge in [0.15, 0.2) is 5.16 Å². The zero-order valence-electron chi connectivity index (χ0n) is 13.2. The average molecular weight is 392 g/mol. The van der Waals surface area contributed by atoms with E-state index in [9.17, 15) is 9.90 Å². The summed E-state index contributed by atoms with van der Waals surface area (Å²) in [6.45, 7) is 2.75. The Kier molecular flexibility index (Phi) is 7.48. The molecule has 6 nitrogen and oxygen atoms in total. The van der Waals surface area contributed by atoms with Gasteiger partial charge >= 0.3 is 5.69 Å². The maximum atomic E-state index is 11.7. The van der Waals surface area contributed by atoms with Gasteiger partial charge in [-0.25, -0.2) is 9.89 Å². The molecule has 24 heavy (non-hydrogen) atoms. The predicted octanol–water partition coefficient (Wildman–Crippen LogP) is 3.21. The maximum Gasteiger partial charge on any atom is 0.343 e. The number of hydrogen-bond acceptors (Lipinski definition) is 5. The first-order chi connectivity index (χ1) is 11.5. The van der Waals surface area contributed by atoms with E-state index in [4.69, 9.17) is 27.9 Å². The third kappa shape index (κ3) is 5.44. The molecule has 0 saturated heterocycles. The first kappa shape index (κ1) is 19.2. The van der Waals surface area contributed by atoms with Crippen LogP contribution in [0.3, 0.4) is 0 Å². The summed E-state index contributed by atoms with van der Waals surface area (Å²) in [5.74, 6) is 0.812. The molecule has 132 valence electrons. The van der Waals surface area contributed by atoms with Crippen LogP contribution in [0.4, 0.5) is 0 Å². The Morgan fingerprint density at radius 2 is 2.25 bits per heavy atom. The molecule has 2 rings (SSSR count). The fraction of sp³-hybridized carbons (Fsp3) is 0.467. The summed E-state index contributed by atoms with van der Waals surface area (Å²) >= 11 is 13.1. The van der Waals surface area contributed by atoms with Crippen molar-refractivity contribution in [3.63, 3.8) is 0 Å². The van der Waals surface area contributed by atoms with E-state index in [-0.39, 0.29) is 12.3 Å². The molecule has 0 amide bonds. The number of rotatable bonds is 9. The number of nitrogens with zero attached hydrogens (tertiary/aromatic N) is 2. The third-order valence-electron chi connectivity index (χ3n) is 3.19. The Hall–Kier alpha value is -1.15. The highest BCUT2D eigenvalue weighted by Gasteiger charge is 2.13. The fourth-order valence-electron chi connectivity index (χ4n) is 1.92. The number of aromatic nitrogens is 3. The average Bonchev–Trinajstić information content (AvgIpc) is 2.90. The van der Waals surface area contributed by atoms with E-state index in [1.807, 2.05) is 0 Å². The van der Waals surface area contributed by atoms with E-state index in [0.717, 1.165) is 12.8 Å². The highest BCUT2D eigenvalue weighted by Crippen LogP contribution is 2.27. The SMILES string of the molecule is CCCCn1c(SCC(O)COc2ccc(Cl)cc2Cl)n[nH]c1=O. The molecule has 0 aliphatic heterocycles. The van der Waals surface area contributed by atoms with E-state index in [2.05, 4.69) is 17.1 Å². The molecule has 1 atom stereocenters. The minimum Gasteiger partial charge on any atom is -0.489 e. The molecule has 2 N–H and O–H groups in total. The smallest absolute Gasteiger partial charge is 0.343 e. The largest absolute Gasteiger partial charge is 0.489 e. The molecule has 0 spiro atoms. The number of H-pyrrole nitrogens is 1. The summed E-state index contributed by atoms with van der Waals surface area (Å²) in [6.07, 6.45) is 1.15. The molecule has 1 unspecified atom stereocenters. The van der Waals surface area contributed by atoms with E-state index in [1.165, 1.54) is 11.8 Å². The molecular weight excluding hydrogens is 373 g/mol. The number of halogens is 2. The topological polar surface area (TPSA) is 80.1 Å². The first-order valence-corrected chi connectivity index (χ1v) is 9.29. The highest BCUT2D eigenvalue weighted by atomic mass is 35.5. The van der Waals surface area contributed by atoms with Crippen molar-refractivity contribution in [3.05, 3.63) is 38.7 Å². The second-order valence-corrected chi connectivity index (χ2v) is 7.00. The predicted molar refractivity (Wildman–Crippen MR) is 96.4 cm³/mol. The summed E-state index contributed by atoms with van der Waals surface area (Å²) < 4.78 is 7.07. The molecule has 0 fully saturated rings. The summed E-state index contributed by atoms with van der Waals surface area (Å²) in [5, 5.41) is 17.9. The van der Waals surface area contributed by atoms with Crippen molar-refractivity contribution in [2.24, 2.45) is 0 Å². The van der Waals surface area contributed by atoms with Gasteiger partial charge in [0, 0.05) is 17.3 Å². The molecule has 0 aliphatic carbocycles. The number of nitrogens with one attached hydrogen (secondary N) is 1. The Morgan fingerprint density at radius 1 is 1.46 bits per heavy atom. The second-order valence-electron chi connectivity index (χ2n) is 5.17. The summed E-state index contributed by atoms with van der Waals surface area (Å²) in [5.41, 5.74) is -0.232. The van der Waals surface area contributed by atoms with E-state index >= 15 is 0 Å². The summed E-state index contributed by atoms with van der Waals surface area (Å²) in [6, 6.07) is 4.90. The van der Waals surface area contributed by atoms with Crippen LogP contribution in [0.15, 0.2) is 28.2 Å². The van der Waals surface area contributed by atoms with Crippen LogP contribution in [0.2, 0.25) is 10.0 Å². The Morgan fingerprint density at radius 3 is 2.96 bits per heavy atom. The van der Waals surface area contributed by atoms with Crippen molar-refractivity contribution in [1.82, 2.24) is 14.8 Å². The van der Waals surface area contributed by atoms with Crippen LogP contribution in [0.1, 0.15) is 19.8 Å². The van der Waals surface area contributed by atoms with Crippen molar-refractivity contribution >= 4 is 35.0 Å².